The van der Waals surface area contributed by atoms with Gasteiger partial charge in [-0.1, -0.05) is 11.6 Å². The topological polar surface area (TPSA) is 101 Å². The smallest absolute Gasteiger partial charge is 0.250 e. The monoisotopic (exact) mass is 574 g/mol. The molecule has 162 valence electrons. The maximum absolute atomic E-state index is 12.2. The summed E-state index contributed by atoms with van der Waals surface area (Å²) in [6.07, 6.45) is 0. The number of aliphatic imine (C=N–C) groups is 1. The van der Waals surface area contributed by atoms with Crippen LogP contribution in [0.2, 0.25) is 4.34 Å². The van der Waals surface area contributed by atoms with E-state index in [2.05, 4.69) is 20.3 Å². The van der Waals surface area contributed by atoms with Crippen LogP contribution in [0.3, 0.4) is 0 Å². The molecule has 2 aromatic rings. The zero-order valence-corrected chi connectivity index (χ0v) is 20.9. The minimum atomic E-state index is -3.58. The van der Waals surface area contributed by atoms with E-state index < -0.39 is 10.0 Å². The molecule has 0 saturated heterocycles. The van der Waals surface area contributed by atoms with Crippen LogP contribution in [-0.2, 0) is 10.0 Å². The Morgan fingerprint density at radius 1 is 1.17 bits per heavy atom. The second-order valence-electron chi connectivity index (χ2n) is 5.41. The minimum Gasteiger partial charge on any atom is -0.493 e. The molecule has 0 aliphatic carbocycles. The molecule has 1 heterocycles. The maximum atomic E-state index is 12.2. The Morgan fingerprint density at radius 2 is 1.90 bits per heavy atom. The van der Waals surface area contributed by atoms with Gasteiger partial charge in [0.2, 0.25) is 10.0 Å². The van der Waals surface area contributed by atoms with Gasteiger partial charge in [-0.3, -0.25) is 4.99 Å². The molecule has 1 aromatic carbocycles. The van der Waals surface area contributed by atoms with E-state index in [0.717, 1.165) is 17.0 Å². The van der Waals surface area contributed by atoms with Crippen molar-refractivity contribution in [2.75, 3.05) is 39.2 Å². The molecule has 0 unspecified atom stereocenters. The highest BCUT2D eigenvalue weighted by Gasteiger charge is 2.15. The summed E-state index contributed by atoms with van der Waals surface area (Å²) in [4.78, 5) is 4.38. The summed E-state index contributed by atoms with van der Waals surface area (Å²) in [6.45, 7) is 2.99. The van der Waals surface area contributed by atoms with Crippen molar-refractivity contribution in [3.05, 3.63) is 34.7 Å². The van der Waals surface area contributed by atoms with Gasteiger partial charge in [0, 0.05) is 24.8 Å². The molecule has 12 heteroatoms. The molecule has 29 heavy (non-hydrogen) atoms. The molecule has 1 aromatic heterocycles. The van der Waals surface area contributed by atoms with Crippen LogP contribution < -0.4 is 24.8 Å². The number of nitrogens with zero attached hydrogens (tertiary/aromatic N) is 1. The van der Waals surface area contributed by atoms with Gasteiger partial charge in [-0.15, -0.1) is 35.3 Å². The van der Waals surface area contributed by atoms with Crippen molar-refractivity contribution >= 4 is 68.6 Å². The maximum Gasteiger partial charge on any atom is 0.250 e. The molecule has 0 saturated carbocycles. The zero-order valence-electron chi connectivity index (χ0n) is 16.2. The van der Waals surface area contributed by atoms with Crippen LogP contribution >= 0.6 is 46.9 Å². The Labute approximate surface area is 197 Å². The lowest BCUT2D eigenvalue weighted by molar-refractivity contribution is 0.355. The van der Waals surface area contributed by atoms with Crippen LogP contribution in [0.5, 0.6) is 11.5 Å². The molecular formula is C17H24ClIN4O4S2. The molecule has 0 atom stereocenters. The van der Waals surface area contributed by atoms with Gasteiger partial charge in [0.1, 0.15) is 4.21 Å². The van der Waals surface area contributed by atoms with Crippen LogP contribution in [0.4, 0.5) is 5.69 Å². The minimum absolute atomic E-state index is 0. The number of halogens is 2. The van der Waals surface area contributed by atoms with Crippen molar-refractivity contribution in [1.29, 1.82) is 0 Å². The lowest BCUT2D eigenvalue weighted by Gasteiger charge is -2.14. The summed E-state index contributed by atoms with van der Waals surface area (Å²) in [5.74, 6) is 1.73. The normalized spacial score (nSPS) is 11.5. The number of anilines is 1. The van der Waals surface area contributed by atoms with Gasteiger partial charge in [-0.25, -0.2) is 13.1 Å². The number of benzene rings is 1. The summed E-state index contributed by atoms with van der Waals surface area (Å²) in [7, 11) is -0.447. The molecule has 2 rings (SSSR count). The molecule has 0 radical (unpaired) electrons. The van der Waals surface area contributed by atoms with Gasteiger partial charge >= 0.3 is 0 Å². The van der Waals surface area contributed by atoms with Crippen molar-refractivity contribution in [3.8, 4) is 11.5 Å². The summed E-state index contributed by atoms with van der Waals surface area (Å²) in [6, 6.07) is 8.42. The molecule has 0 aliphatic heterocycles. The number of thiophene rings is 1. The number of rotatable bonds is 9. The van der Waals surface area contributed by atoms with Gasteiger partial charge in [-0.05, 0) is 31.2 Å². The van der Waals surface area contributed by atoms with Crippen LogP contribution in [0.25, 0.3) is 0 Å². The quantitative estimate of drug-likeness (QED) is 0.184. The van der Waals surface area contributed by atoms with E-state index in [1.165, 1.54) is 6.07 Å². The second kappa shape index (κ2) is 12.4. The van der Waals surface area contributed by atoms with E-state index in [9.17, 15) is 8.42 Å². The number of sulfonamides is 1. The van der Waals surface area contributed by atoms with Gasteiger partial charge < -0.3 is 20.1 Å². The highest BCUT2D eigenvalue weighted by Crippen LogP contribution is 2.29. The Kier molecular flexibility index (Phi) is 11.0. The lowest BCUT2D eigenvalue weighted by atomic mass is 10.3. The average molecular weight is 575 g/mol. The van der Waals surface area contributed by atoms with Crippen molar-refractivity contribution in [1.82, 2.24) is 10.0 Å². The number of nitrogens with one attached hydrogen (secondary N) is 3. The van der Waals surface area contributed by atoms with Crippen LogP contribution in [0, 0.1) is 0 Å². The van der Waals surface area contributed by atoms with Crippen LogP contribution in [-0.4, -0.2) is 48.2 Å². The molecule has 0 fully saturated rings. The van der Waals surface area contributed by atoms with E-state index in [1.54, 1.807) is 32.4 Å². The van der Waals surface area contributed by atoms with Gasteiger partial charge in [-0.2, -0.15) is 0 Å². The third-order valence-corrected chi connectivity index (χ3v) is 6.66. The van der Waals surface area contributed by atoms with Gasteiger partial charge in [0.15, 0.2) is 17.5 Å². The van der Waals surface area contributed by atoms with Crippen molar-refractivity contribution in [2.24, 2.45) is 4.99 Å². The van der Waals surface area contributed by atoms with Crippen molar-refractivity contribution < 1.29 is 17.9 Å². The Morgan fingerprint density at radius 3 is 2.48 bits per heavy atom. The number of hydrogen-bond acceptors (Lipinski definition) is 6. The first-order valence-corrected chi connectivity index (χ1v) is 11.1. The molecule has 8 nitrogen and oxygen atoms in total. The van der Waals surface area contributed by atoms with E-state index in [4.69, 9.17) is 21.1 Å². The summed E-state index contributed by atoms with van der Waals surface area (Å²) >= 11 is 6.80. The van der Waals surface area contributed by atoms with Crippen molar-refractivity contribution in [3.63, 3.8) is 0 Å². The number of guanidine groups is 1. The Bertz CT molecular complexity index is 922. The Balaban J connectivity index is 0.00000420. The van der Waals surface area contributed by atoms with E-state index in [0.29, 0.717) is 28.3 Å². The average Bonchev–Trinajstić information content (AvgIpc) is 3.12. The Hall–Kier alpha value is -1.28. The third-order valence-electron chi connectivity index (χ3n) is 3.48. The summed E-state index contributed by atoms with van der Waals surface area (Å²) in [5.41, 5.74) is 0.756. The first-order chi connectivity index (χ1) is 13.4. The standard InChI is InChI=1S/C17H23ClN4O4S2.HI/c1-4-19-17(22-12-5-6-13(25-2)14(11-12)26-3)20-9-10-21-28(23,24)16-8-7-15(18)27-16;/h5-8,11,21H,4,9-10H2,1-3H3,(H2,19,20,22);1H. The molecule has 0 bridgehead atoms. The van der Waals surface area contributed by atoms with E-state index in [1.807, 2.05) is 13.0 Å². The molecule has 0 aliphatic rings. The fourth-order valence-electron chi connectivity index (χ4n) is 2.22. The zero-order chi connectivity index (χ0) is 20.6. The van der Waals surface area contributed by atoms with Crippen LogP contribution in [0.15, 0.2) is 39.5 Å². The first-order valence-electron chi connectivity index (χ1n) is 8.42. The molecule has 0 amide bonds. The van der Waals surface area contributed by atoms with E-state index >= 15 is 0 Å². The molecule has 0 spiro atoms. The highest BCUT2D eigenvalue weighted by molar-refractivity contribution is 14.0. The summed E-state index contributed by atoms with van der Waals surface area (Å²) in [5, 5.41) is 6.25. The van der Waals surface area contributed by atoms with Gasteiger partial charge in [0.05, 0.1) is 25.1 Å². The first kappa shape index (κ1) is 25.8. The third kappa shape index (κ3) is 7.81. The predicted molar refractivity (Wildman–Crippen MR) is 129 cm³/mol. The number of ether oxygens (including phenoxy) is 2. The fraction of sp³-hybridized carbons (Fsp3) is 0.353. The number of methoxy groups -OCH3 is 2. The summed E-state index contributed by atoms with van der Waals surface area (Å²) < 4.78 is 38.0. The largest absolute Gasteiger partial charge is 0.493 e. The van der Waals surface area contributed by atoms with Crippen LogP contribution in [0.1, 0.15) is 6.92 Å². The SMILES string of the molecule is CCNC(=NCCNS(=O)(=O)c1ccc(Cl)s1)Nc1ccc(OC)c(OC)c1.I. The molecular weight excluding hydrogens is 551 g/mol. The van der Waals surface area contributed by atoms with Gasteiger partial charge in [0.25, 0.3) is 0 Å². The van der Waals surface area contributed by atoms with Crippen molar-refractivity contribution in [2.45, 2.75) is 11.1 Å². The van der Waals surface area contributed by atoms with E-state index in [-0.39, 0.29) is 41.3 Å². The fourth-order valence-corrected chi connectivity index (χ4v) is 4.77. The highest BCUT2D eigenvalue weighted by atomic mass is 127. The lowest BCUT2D eigenvalue weighted by Crippen LogP contribution is -2.32. The predicted octanol–water partition coefficient (Wildman–Crippen LogP) is 3.39. The second-order valence-corrected chi connectivity index (χ2v) is 9.12. The number of hydrogen-bond donors (Lipinski definition) is 3. The molecule has 3 N–H and O–H groups in total.